The van der Waals surface area contributed by atoms with E-state index < -0.39 is 0 Å². The van der Waals surface area contributed by atoms with Gasteiger partial charge in [0.2, 0.25) is 5.91 Å². The second-order valence-corrected chi connectivity index (χ2v) is 6.72. The molecule has 27 heavy (non-hydrogen) atoms. The van der Waals surface area contributed by atoms with Crippen molar-refractivity contribution in [2.75, 3.05) is 26.0 Å². The van der Waals surface area contributed by atoms with Gasteiger partial charge in [-0.15, -0.1) is 0 Å². The Bertz CT molecular complexity index is 828. The number of rotatable bonds is 8. The fraction of sp³-hybridized carbons (Fsp3) is 0.273. The van der Waals surface area contributed by atoms with E-state index in [1.54, 1.807) is 37.2 Å². The Hall–Kier alpha value is -3.08. The van der Waals surface area contributed by atoms with Gasteiger partial charge in [0.25, 0.3) is 5.91 Å². The SMILES string of the molecule is C=C(C)COc1cccc(C(=O)Nc2cccc(CCC(=O)N(C)C)c2)c1. The van der Waals surface area contributed by atoms with Crippen LogP contribution in [0.4, 0.5) is 5.69 Å². The van der Waals surface area contributed by atoms with Crippen molar-refractivity contribution >= 4 is 17.5 Å². The molecule has 0 aliphatic heterocycles. The highest BCUT2D eigenvalue weighted by Gasteiger charge is 2.09. The van der Waals surface area contributed by atoms with Crippen molar-refractivity contribution in [3.63, 3.8) is 0 Å². The van der Waals surface area contributed by atoms with Gasteiger partial charge >= 0.3 is 0 Å². The first kappa shape index (κ1) is 20.2. The fourth-order valence-corrected chi connectivity index (χ4v) is 2.42. The van der Waals surface area contributed by atoms with E-state index in [2.05, 4.69) is 11.9 Å². The van der Waals surface area contributed by atoms with Crippen LogP contribution in [0.5, 0.6) is 5.75 Å². The van der Waals surface area contributed by atoms with E-state index in [9.17, 15) is 9.59 Å². The summed E-state index contributed by atoms with van der Waals surface area (Å²) >= 11 is 0. The number of carbonyl (C=O) groups is 2. The van der Waals surface area contributed by atoms with Crippen molar-refractivity contribution in [3.8, 4) is 5.75 Å². The number of nitrogens with zero attached hydrogens (tertiary/aromatic N) is 1. The molecule has 5 heteroatoms. The van der Waals surface area contributed by atoms with Crippen LogP contribution in [0.1, 0.15) is 29.3 Å². The van der Waals surface area contributed by atoms with Crippen LogP contribution in [0.2, 0.25) is 0 Å². The summed E-state index contributed by atoms with van der Waals surface area (Å²) in [5, 5.41) is 2.89. The maximum Gasteiger partial charge on any atom is 0.255 e. The van der Waals surface area contributed by atoms with Crippen molar-refractivity contribution in [2.24, 2.45) is 0 Å². The lowest BCUT2D eigenvalue weighted by Crippen LogP contribution is -2.21. The number of nitrogens with one attached hydrogen (secondary N) is 1. The highest BCUT2D eigenvalue weighted by molar-refractivity contribution is 6.04. The van der Waals surface area contributed by atoms with Crippen molar-refractivity contribution in [1.82, 2.24) is 4.90 Å². The lowest BCUT2D eigenvalue weighted by Gasteiger charge is -2.11. The van der Waals surface area contributed by atoms with Crippen molar-refractivity contribution in [2.45, 2.75) is 19.8 Å². The summed E-state index contributed by atoms with van der Waals surface area (Å²) in [5.74, 6) is 0.495. The minimum Gasteiger partial charge on any atom is -0.489 e. The summed E-state index contributed by atoms with van der Waals surface area (Å²) < 4.78 is 5.59. The fourth-order valence-electron chi connectivity index (χ4n) is 2.42. The zero-order chi connectivity index (χ0) is 19.8. The smallest absolute Gasteiger partial charge is 0.255 e. The Kier molecular flexibility index (Phi) is 7.17. The average Bonchev–Trinajstić information content (AvgIpc) is 2.64. The molecule has 2 rings (SSSR count). The molecule has 0 radical (unpaired) electrons. The molecule has 0 aromatic heterocycles. The summed E-state index contributed by atoms with van der Waals surface area (Å²) in [6.45, 7) is 6.10. The van der Waals surface area contributed by atoms with Crippen molar-refractivity contribution < 1.29 is 14.3 Å². The van der Waals surface area contributed by atoms with Gasteiger partial charge in [0.15, 0.2) is 0 Å². The van der Waals surface area contributed by atoms with Gasteiger partial charge in [0.1, 0.15) is 12.4 Å². The van der Waals surface area contributed by atoms with Crippen molar-refractivity contribution in [1.29, 1.82) is 0 Å². The molecule has 0 saturated carbocycles. The van der Waals surface area contributed by atoms with E-state index in [0.717, 1.165) is 11.1 Å². The third-order valence-corrected chi connectivity index (χ3v) is 3.89. The van der Waals surface area contributed by atoms with Gasteiger partial charge in [-0.3, -0.25) is 9.59 Å². The van der Waals surface area contributed by atoms with Gasteiger partial charge < -0.3 is 15.0 Å². The molecule has 0 atom stereocenters. The summed E-state index contributed by atoms with van der Waals surface area (Å²) in [5.41, 5.74) is 3.13. The molecule has 0 spiro atoms. The van der Waals surface area contributed by atoms with E-state index in [1.165, 1.54) is 0 Å². The number of aryl methyl sites for hydroxylation is 1. The molecule has 0 aliphatic carbocycles. The van der Waals surface area contributed by atoms with Crippen LogP contribution in [-0.2, 0) is 11.2 Å². The molecule has 1 N–H and O–H groups in total. The third kappa shape index (κ3) is 6.62. The minimum absolute atomic E-state index is 0.0796. The molecule has 142 valence electrons. The molecule has 0 saturated heterocycles. The number of benzene rings is 2. The molecule has 0 aliphatic rings. The van der Waals surface area contributed by atoms with Gasteiger partial charge in [-0.25, -0.2) is 0 Å². The zero-order valence-corrected chi connectivity index (χ0v) is 16.1. The Labute approximate surface area is 160 Å². The molecule has 0 fully saturated rings. The molecule has 0 bridgehead atoms. The summed E-state index contributed by atoms with van der Waals surface area (Å²) in [6.07, 6.45) is 1.07. The standard InChI is InChI=1S/C22H26N2O3/c1-16(2)15-27-20-10-6-8-18(14-20)22(26)23-19-9-5-7-17(13-19)11-12-21(25)24(3)4/h5-10,13-14H,1,11-12,15H2,2-4H3,(H,23,26). The lowest BCUT2D eigenvalue weighted by atomic mass is 10.1. The molecule has 5 nitrogen and oxygen atoms in total. The maximum atomic E-state index is 12.5. The van der Waals surface area contributed by atoms with Crippen LogP contribution in [0, 0.1) is 0 Å². The zero-order valence-electron chi connectivity index (χ0n) is 16.1. The van der Waals surface area contributed by atoms with E-state index in [-0.39, 0.29) is 11.8 Å². The van der Waals surface area contributed by atoms with Gasteiger partial charge in [0, 0.05) is 31.8 Å². The highest BCUT2D eigenvalue weighted by atomic mass is 16.5. The molecular weight excluding hydrogens is 340 g/mol. The Morgan fingerprint density at radius 3 is 2.56 bits per heavy atom. The van der Waals surface area contributed by atoms with Crippen LogP contribution in [-0.4, -0.2) is 37.4 Å². The topological polar surface area (TPSA) is 58.6 Å². The van der Waals surface area contributed by atoms with Crippen LogP contribution < -0.4 is 10.1 Å². The molecule has 0 unspecified atom stereocenters. The summed E-state index contributed by atoms with van der Waals surface area (Å²) in [7, 11) is 3.49. The Morgan fingerprint density at radius 1 is 1.11 bits per heavy atom. The van der Waals surface area contributed by atoms with Crippen LogP contribution >= 0.6 is 0 Å². The van der Waals surface area contributed by atoms with Gasteiger partial charge in [-0.2, -0.15) is 0 Å². The highest BCUT2D eigenvalue weighted by Crippen LogP contribution is 2.17. The molecule has 2 aromatic carbocycles. The van der Waals surface area contributed by atoms with Crippen LogP contribution in [0.3, 0.4) is 0 Å². The van der Waals surface area contributed by atoms with Gasteiger partial charge in [-0.05, 0) is 54.8 Å². The van der Waals surface area contributed by atoms with Crippen LogP contribution in [0.15, 0.2) is 60.7 Å². The first-order valence-corrected chi connectivity index (χ1v) is 8.83. The minimum atomic E-state index is -0.211. The number of hydrogen-bond acceptors (Lipinski definition) is 3. The van der Waals surface area contributed by atoms with Crippen molar-refractivity contribution in [3.05, 3.63) is 71.8 Å². The number of amides is 2. The monoisotopic (exact) mass is 366 g/mol. The van der Waals surface area contributed by atoms with E-state index in [0.29, 0.717) is 36.4 Å². The average molecular weight is 366 g/mol. The van der Waals surface area contributed by atoms with Crippen LogP contribution in [0.25, 0.3) is 0 Å². The first-order valence-electron chi connectivity index (χ1n) is 8.83. The summed E-state index contributed by atoms with van der Waals surface area (Å²) in [4.78, 5) is 25.8. The normalized spacial score (nSPS) is 10.2. The number of anilines is 1. The number of ether oxygens (including phenoxy) is 1. The maximum absolute atomic E-state index is 12.5. The van der Waals surface area contributed by atoms with Gasteiger partial charge in [0.05, 0.1) is 0 Å². The second-order valence-electron chi connectivity index (χ2n) is 6.72. The Balaban J connectivity index is 2.01. The molecule has 2 aromatic rings. The molecule has 0 heterocycles. The number of carbonyl (C=O) groups excluding carboxylic acids is 2. The molecule has 2 amide bonds. The van der Waals surface area contributed by atoms with E-state index in [4.69, 9.17) is 4.74 Å². The second kappa shape index (κ2) is 9.57. The third-order valence-electron chi connectivity index (χ3n) is 3.89. The number of hydrogen-bond donors (Lipinski definition) is 1. The predicted molar refractivity (Wildman–Crippen MR) is 108 cm³/mol. The summed E-state index contributed by atoms with van der Waals surface area (Å²) in [6, 6.07) is 14.6. The Morgan fingerprint density at radius 2 is 1.85 bits per heavy atom. The first-order chi connectivity index (χ1) is 12.8. The van der Waals surface area contributed by atoms with E-state index in [1.807, 2.05) is 37.3 Å². The quantitative estimate of drug-likeness (QED) is 0.721. The lowest BCUT2D eigenvalue weighted by molar-refractivity contribution is -0.128. The van der Waals surface area contributed by atoms with Gasteiger partial charge in [-0.1, -0.05) is 24.8 Å². The molecular formula is C22H26N2O3. The predicted octanol–water partition coefficient (Wildman–Crippen LogP) is 3.91. The largest absolute Gasteiger partial charge is 0.489 e. The van der Waals surface area contributed by atoms with E-state index >= 15 is 0 Å².